The zero-order chi connectivity index (χ0) is 13.8. The number of rotatable bonds is 7. The lowest BCUT2D eigenvalue weighted by atomic mass is 9.87. The molecule has 0 amide bonds. The first-order chi connectivity index (χ1) is 9.11. The van der Waals surface area contributed by atoms with Gasteiger partial charge in [0.1, 0.15) is 0 Å². The number of thiazole rings is 1. The topological polar surface area (TPSA) is 29.3 Å². The molecule has 19 heavy (non-hydrogen) atoms. The minimum atomic E-state index is 0.518. The Hall–Kier alpha value is -0.870. The van der Waals surface area contributed by atoms with Crippen molar-refractivity contribution in [2.45, 2.75) is 46.6 Å². The molecule has 2 rings (SSSR count). The van der Waals surface area contributed by atoms with Crippen LogP contribution in [-0.4, -0.2) is 22.0 Å². The van der Waals surface area contributed by atoms with E-state index in [2.05, 4.69) is 55.2 Å². The van der Waals surface area contributed by atoms with Crippen molar-refractivity contribution in [1.29, 1.82) is 0 Å². The summed E-state index contributed by atoms with van der Waals surface area (Å²) in [6.45, 7) is 10.3. The molecular formula is C15H25N3S. The van der Waals surface area contributed by atoms with Gasteiger partial charge < -0.3 is 5.32 Å². The van der Waals surface area contributed by atoms with Gasteiger partial charge >= 0.3 is 0 Å². The highest BCUT2D eigenvalue weighted by Gasteiger charge is 2.21. The average molecular weight is 279 g/mol. The van der Waals surface area contributed by atoms with Gasteiger partial charge in [0.25, 0.3) is 0 Å². The molecule has 0 saturated heterocycles. The average Bonchev–Trinajstić information content (AvgIpc) is 2.93. The Morgan fingerprint density at radius 3 is 2.79 bits per heavy atom. The Labute approximate surface area is 120 Å². The van der Waals surface area contributed by atoms with Gasteiger partial charge in [-0.3, -0.25) is 4.40 Å². The van der Waals surface area contributed by atoms with Crippen LogP contribution in [0.3, 0.4) is 0 Å². The number of imidazole rings is 1. The minimum Gasteiger partial charge on any atom is -0.313 e. The third-order valence-corrected chi connectivity index (χ3v) is 4.69. The first kappa shape index (κ1) is 14.5. The van der Waals surface area contributed by atoms with Gasteiger partial charge in [-0.05, 0) is 24.8 Å². The summed E-state index contributed by atoms with van der Waals surface area (Å²) in [6, 6.07) is 0.518. The molecule has 106 valence electrons. The number of aromatic nitrogens is 2. The molecule has 0 spiro atoms. The maximum atomic E-state index is 4.70. The monoisotopic (exact) mass is 279 g/mol. The Morgan fingerprint density at radius 1 is 1.37 bits per heavy atom. The maximum absolute atomic E-state index is 4.70. The predicted octanol–water partition coefficient (Wildman–Crippen LogP) is 3.60. The van der Waals surface area contributed by atoms with Gasteiger partial charge in [0.2, 0.25) is 0 Å². The molecule has 0 aromatic carbocycles. The fourth-order valence-electron chi connectivity index (χ4n) is 2.34. The Bertz CT molecular complexity index is 472. The number of nitrogens with one attached hydrogen (secondary N) is 1. The summed E-state index contributed by atoms with van der Waals surface area (Å²) in [6.07, 6.45) is 6.45. The number of hydrogen-bond donors (Lipinski definition) is 1. The van der Waals surface area contributed by atoms with E-state index in [0.29, 0.717) is 17.9 Å². The first-order valence-corrected chi connectivity index (χ1v) is 8.14. The lowest BCUT2D eigenvalue weighted by molar-refractivity contribution is 0.296. The summed E-state index contributed by atoms with van der Waals surface area (Å²) >= 11 is 1.70. The normalized spacial score (nSPS) is 15.2. The third kappa shape index (κ3) is 3.57. The third-order valence-electron chi connectivity index (χ3n) is 3.91. The van der Waals surface area contributed by atoms with Crippen LogP contribution in [0.1, 0.15) is 39.8 Å². The summed E-state index contributed by atoms with van der Waals surface area (Å²) in [5.74, 6) is 1.35. The second-order valence-electron chi connectivity index (χ2n) is 5.69. The summed E-state index contributed by atoms with van der Waals surface area (Å²) in [5, 5.41) is 5.77. The SMILES string of the molecule is CCCNC(Cc1cn2ccsc2n1)C(C)C(C)C. The standard InChI is InChI=1S/C15H25N3S/c1-5-6-16-14(12(4)11(2)3)9-13-10-18-7-8-19-15(18)17-13/h7-8,10-12,14,16H,5-6,9H2,1-4H3. The molecule has 2 unspecified atom stereocenters. The smallest absolute Gasteiger partial charge is 0.193 e. The number of hydrogen-bond acceptors (Lipinski definition) is 3. The molecule has 0 radical (unpaired) electrons. The Morgan fingerprint density at radius 2 is 2.16 bits per heavy atom. The van der Waals surface area contributed by atoms with Crippen molar-refractivity contribution < 1.29 is 0 Å². The van der Waals surface area contributed by atoms with Gasteiger partial charge in [0.05, 0.1) is 5.69 Å². The van der Waals surface area contributed by atoms with Crippen molar-refractivity contribution in [3.8, 4) is 0 Å². The predicted molar refractivity (Wildman–Crippen MR) is 82.9 cm³/mol. The van der Waals surface area contributed by atoms with Gasteiger partial charge in [-0.1, -0.05) is 27.7 Å². The lowest BCUT2D eigenvalue weighted by Crippen LogP contribution is -2.39. The molecule has 0 bridgehead atoms. The van der Waals surface area contributed by atoms with E-state index in [4.69, 9.17) is 4.98 Å². The largest absolute Gasteiger partial charge is 0.313 e. The van der Waals surface area contributed by atoms with Crippen LogP contribution in [0.5, 0.6) is 0 Å². The Kier molecular flexibility index (Phi) is 4.99. The van der Waals surface area contributed by atoms with Crippen LogP contribution in [0.4, 0.5) is 0 Å². The van der Waals surface area contributed by atoms with Crippen LogP contribution in [0, 0.1) is 11.8 Å². The van der Waals surface area contributed by atoms with Crippen LogP contribution >= 0.6 is 11.3 Å². The van der Waals surface area contributed by atoms with E-state index in [1.165, 1.54) is 12.1 Å². The van der Waals surface area contributed by atoms with Crippen LogP contribution < -0.4 is 5.32 Å². The quantitative estimate of drug-likeness (QED) is 0.839. The highest BCUT2D eigenvalue weighted by Crippen LogP contribution is 2.19. The second kappa shape index (κ2) is 6.53. The molecule has 0 aliphatic carbocycles. The zero-order valence-corrected chi connectivity index (χ0v) is 13.2. The molecular weight excluding hydrogens is 254 g/mol. The van der Waals surface area contributed by atoms with Gasteiger partial charge in [-0.25, -0.2) is 4.98 Å². The highest BCUT2D eigenvalue weighted by molar-refractivity contribution is 7.15. The molecule has 2 heterocycles. The molecule has 0 aliphatic heterocycles. The summed E-state index contributed by atoms with van der Waals surface area (Å²) < 4.78 is 2.12. The maximum Gasteiger partial charge on any atom is 0.193 e. The van der Waals surface area contributed by atoms with Gasteiger partial charge in [-0.15, -0.1) is 11.3 Å². The van der Waals surface area contributed by atoms with Crippen LogP contribution in [0.2, 0.25) is 0 Å². The van der Waals surface area contributed by atoms with Crippen molar-refractivity contribution in [3.63, 3.8) is 0 Å². The second-order valence-corrected chi connectivity index (χ2v) is 6.57. The molecule has 0 fully saturated rings. The summed E-state index contributed by atoms with van der Waals surface area (Å²) in [7, 11) is 0. The van der Waals surface area contributed by atoms with E-state index in [1.54, 1.807) is 11.3 Å². The molecule has 2 aromatic rings. The van der Waals surface area contributed by atoms with Crippen molar-refractivity contribution in [3.05, 3.63) is 23.5 Å². The molecule has 2 aromatic heterocycles. The van der Waals surface area contributed by atoms with Crippen molar-refractivity contribution >= 4 is 16.3 Å². The summed E-state index contributed by atoms with van der Waals surface area (Å²) in [5.41, 5.74) is 1.20. The number of nitrogens with zero attached hydrogens (tertiary/aromatic N) is 2. The van der Waals surface area contributed by atoms with Gasteiger partial charge in [-0.2, -0.15) is 0 Å². The molecule has 2 atom stereocenters. The van der Waals surface area contributed by atoms with Crippen molar-refractivity contribution in [1.82, 2.24) is 14.7 Å². The van der Waals surface area contributed by atoms with Crippen molar-refractivity contribution in [2.75, 3.05) is 6.54 Å². The zero-order valence-electron chi connectivity index (χ0n) is 12.4. The Balaban J connectivity index is 2.07. The number of fused-ring (bicyclic) bond motifs is 1. The van der Waals surface area contributed by atoms with E-state index in [9.17, 15) is 0 Å². The molecule has 0 aliphatic rings. The first-order valence-electron chi connectivity index (χ1n) is 7.26. The minimum absolute atomic E-state index is 0.518. The fourth-order valence-corrected chi connectivity index (χ4v) is 3.06. The van der Waals surface area contributed by atoms with E-state index in [-0.39, 0.29) is 0 Å². The van der Waals surface area contributed by atoms with E-state index in [1.807, 2.05) is 0 Å². The van der Waals surface area contributed by atoms with E-state index >= 15 is 0 Å². The summed E-state index contributed by atoms with van der Waals surface area (Å²) in [4.78, 5) is 5.80. The van der Waals surface area contributed by atoms with Gasteiger partial charge in [0, 0.05) is 30.2 Å². The van der Waals surface area contributed by atoms with Crippen LogP contribution in [0.15, 0.2) is 17.8 Å². The van der Waals surface area contributed by atoms with Gasteiger partial charge in [0.15, 0.2) is 4.96 Å². The van der Waals surface area contributed by atoms with E-state index in [0.717, 1.165) is 17.9 Å². The van der Waals surface area contributed by atoms with E-state index < -0.39 is 0 Å². The van der Waals surface area contributed by atoms with Crippen LogP contribution in [-0.2, 0) is 6.42 Å². The van der Waals surface area contributed by atoms with Crippen molar-refractivity contribution in [2.24, 2.45) is 11.8 Å². The molecule has 4 heteroatoms. The lowest BCUT2D eigenvalue weighted by Gasteiger charge is -2.27. The van der Waals surface area contributed by atoms with Crippen LogP contribution in [0.25, 0.3) is 4.96 Å². The highest BCUT2D eigenvalue weighted by atomic mass is 32.1. The molecule has 3 nitrogen and oxygen atoms in total. The molecule has 0 saturated carbocycles. The fraction of sp³-hybridized carbons (Fsp3) is 0.667. The molecule has 1 N–H and O–H groups in total.